The van der Waals surface area contributed by atoms with Gasteiger partial charge in [-0.25, -0.2) is 12.8 Å². The second-order valence-electron chi connectivity index (χ2n) is 4.86. The second-order valence-corrected chi connectivity index (χ2v) is 6.58. The van der Waals surface area contributed by atoms with Gasteiger partial charge in [0.05, 0.1) is 12.4 Å². The van der Waals surface area contributed by atoms with Crippen LogP contribution in [-0.2, 0) is 15.8 Å². The van der Waals surface area contributed by atoms with Crippen molar-refractivity contribution >= 4 is 15.7 Å². The monoisotopic (exact) mass is 323 g/mol. The summed E-state index contributed by atoms with van der Waals surface area (Å²) < 4.78 is 44.9. The molecule has 2 rings (SSSR count). The number of ether oxygens (including phenoxy) is 1. The number of sulfonamides is 1. The number of hydrogen-bond donors (Lipinski definition) is 1. The number of halogens is 1. The molecule has 0 atom stereocenters. The molecule has 22 heavy (non-hydrogen) atoms. The number of anilines is 1. The van der Waals surface area contributed by atoms with Gasteiger partial charge < -0.3 is 4.74 Å². The first kappa shape index (κ1) is 16.3. The molecule has 0 bridgehead atoms. The molecule has 0 saturated heterocycles. The molecule has 0 spiro atoms. The Morgan fingerprint density at radius 1 is 1.05 bits per heavy atom. The standard InChI is InChI=1S/C16H18FNO3S/c1-2-11-21-16-9-7-15(8-10-16)18-22(19,20)12-13-3-5-14(17)6-4-13/h3-10,18H,2,11-12H2,1H3. The Morgan fingerprint density at radius 3 is 2.27 bits per heavy atom. The minimum atomic E-state index is -3.54. The Kier molecular flexibility index (Phi) is 5.38. The minimum Gasteiger partial charge on any atom is -0.494 e. The van der Waals surface area contributed by atoms with Crippen LogP contribution in [0.2, 0.25) is 0 Å². The predicted molar refractivity (Wildman–Crippen MR) is 84.9 cm³/mol. The van der Waals surface area contributed by atoms with Crippen LogP contribution in [0.5, 0.6) is 5.75 Å². The van der Waals surface area contributed by atoms with E-state index in [1.54, 1.807) is 24.3 Å². The number of nitrogens with one attached hydrogen (secondary N) is 1. The average Bonchev–Trinajstić information content (AvgIpc) is 2.48. The maximum Gasteiger partial charge on any atom is 0.236 e. The van der Waals surface area contributed by atoms with Gasteiger partial charge in [-0.15, -0.1) is 0 Å². The van der Waals surface area contributed by atoms with Crippen LogP contribution in [0.3, 0.4) is 0 Å². The Hall–Kier alpha value is -2.08. The molecule has 0 fully saturated rings. The smallest absolute Gasteiger partial charge is 0.236 e. The highest BCUT2D eigenvalue weighted by molar-refractivity contribution is 7.91. The van der Waals surface area contributed by atoms with Crippen LogP contribution in [-0.4, -0.2) is 15.0 Å². The summed E-state index contributed by atoms with van der Waals surface area (Å²) in [5, 5.41) is 0. The van der Waals surface area contributed by atoms with Gasteiger partial charge in [0.2, 0.25) is 10.0 Å². The third kappa shape index (κ3) is 5.04. The summed E-state index contributed by atoms with van der Waals surface area (Å²) in [6.07, 6.45) is 0.909. The minimum absolute atomic E-state index is 0.207. The Morgan fingerprint density at radius 2 is 1.68 bits per heavy atom. The molecular weight excluding hydrogens is 305 g/mol. The van der Waals surface area contributed by atoms with Crippen LogP contribution in [0.1, 0.15) is 18.9 Å². The number of rotatable bonds is 7. The van der Waals surface area contributed by atoms with E-state index in [2.05, 4.69) is 4.72 Å². The summed E-state index contributed by atoms with van der Waals surface area (Å²) >= 11 is 0. The van der Waals surface area contributed by atoms with Gasteiger partial charge in [-0.2, -0.15) is 0 Å². The number of hydrogen-bond acceptors (Lipinski definition) is 3. The zero-order chi connectivity index (χ0) is 16.0. The maximum atomic E-state index is 12.8. The number of benzene rings is 2. The first-order chi connectivity index (χ1) is 10.5. The lowest BCUT2D eigenvalue weighted by Gasteiger charge is -2.09. The summed E-state index contributed by atoms with van der Waals surface area (Å²) in [6, 6.07) is 12.1. The van der Waals surface area contributed by atoms with Gasteiger partial charge in [0.1, 0.15) is 11.6 Å². The Labute approximate surface area is 130 Å². The van der Waals surface area contributed by atoms with E-state index in [1.807, 2.05) is 6.92 Å². The molecule has 0 amide bonds. The lowest BCUT2D eigenvalue weighted by Crippen LogP contribution is -2.15. The summed E-state index contributed by atoms with van der Waals surface area (Å²) in [5.74, 6) is 0.0987. The molecule has 0 aliphatic heterocycles. The van der Waals surface area contributed by atoms with Crippen molar-refractivity contribution in [1.82, 2.24) is 0 Å². The second kappa shape index (κ2) is 7.26. The van der Waals surface area contributed by atoms with Crippen molar-refractivity contribution in [1.29, 1.82) is 0 Å². The van der Waals surface area contributed by atoms with Gasteiger partial charge in [-0.05, 0) is 48.4 Å². The van der Waals surface area contributed by atoms with E-state index in [1.165, 1.54) is 24.3 Å². The highest BCUT2D eigenvalue weighted by atomic mass is 32.2. The summed E-state index contributed by atoms with van der Waals surface area (Å²) in [6.45, 7) is 2.63. The molecule has 2 aromatic carbocycles. The van der Waals surface area contributed by atoms with Gasteiger partial charge in [-0.3, -0.25) is 4.72 Å². The van der Waals surface area contributed by atoms with E-state index in [-0.39, 0.29) is 5.75 Å². The van der Waals surface area contributed by atoms with Crippen molar-refractivity contribution in [3.05, 3.63) is 59.9 Å². The molecule has 2 aromatic rings. The van der Waals surface area contributed by atoms with E-state index >= 15 is 0 Å². The summed E-state index contributed by atoms with van der Waals surface area (Å²) in [7, 11) is -3.54. The molecule has 6 heteroatoms. The van der Waals surface area contributed by atoms with Gasteiger partial charge >= 0.3 is 0 Å². The lowest BCUT2D eigenvalue weighted by atomic mass is 10.2. The topological polar surface area (TPSA) is 55.4 Å². The van der Waals surface area contributed by atoms with Crippen molar-refractivity contribution in [2.45, 2.75) is 19.1 Å². The fourth-order valence-corrected chi connectivity index (χ4v) is 3.05. The molecule has 4 nitrogen and oxygen atoms in total. The van der Waals surface area contributed by atoms with Crippen LogP contribution in [0.4, 0.5) is 10.1 Å². The Balaban J connectivity index is 2.00. The summed E-state index contributed by atoms with van der Waals surface area (Å²) in [5.41, 5.74) is 0.989. The van der Waals surface area contributed by atoms with E-state index < -0.39 is 15.8 Å². The van der Waals surface area contributed by atoms with Crippen LogP contribution >= 0.6 is 0 Å². The van der Waals surface area contributed by atoms with Crippen molar-refractivity contribution < 1.29 is 17.5 Å². The Bertz CT molecular complexity index is 697. The normalized spacial score (nSPS) is 11.2. The van der Waals surface area contributed by atoms with Crippen molar-refractivity contribution in [2.24, 2.45) is 0 Å². The van der Waals surface area contributed by atoms with E-state index in [4.69, 9.17) is 4.74 Å². The molecule has 0 aromatic heterocycles. The van der Waals surface area contributed by atoms with Crippen molar-refractivity contribution in [2.75, 3.05) is 11.3 Å². The predicted octanol–water partition coefficient (Wildman–Crippen LogP) is 3.56. The van der Waals surface area contributed by atoms with Crippen LogP contribution < -0.4 is 9.46 Å². The molecule has 0 aliphatic carbocycles. The summed E-state index contributed by atoms with van der Waals surface area (Å²) in [4.78, 5) is 0. The first-order valence-corrected chi connectivity index (χ1v) is 8.61. The lowest BCUT2D eigenvalue weighted by molar-refractivity contribution is 0.317. The van der Waals surface area contributed by atoms with E-state index in [0.717, 1.165) is 6.42 Å². The highest BCUT2D eigenvalue weighted by Gasteiger charge is 2.12. The third-order valence-electron chi connectivity index (χ3n) is 2.87. The van der Waals surface area contributed by atoms with E-state index in [9.17, 15) is 12.8 Å². The van der Waals surface area contributed by atoms with Gasteiger partial charge in [0.15, 0.2) is 0 Å². The molecule has 0 saturated carbocycles. The first-order valence-electron chi connectivity index (χ1n) is 6.96. The van der Waals surface area contributed by atoms with Crippen molar-refractivity contribution in [3.63, 3.8) is 0 Å². The van der Waals surface area contributed by atoms with Gasteiger partial charge in [0.25, 0.3) is 0 Å². The van der Waals surface area contributed by atoms with Gasteiger partial charge in [0, 0.05) is 5.69 Å². The molecule has 0 aliphatic rings. The fourth-order valence-electron chi connectivity index (χ4n) is 1.85. The van der Waals surface area contributed by atoms with Gasteiger partial charge in [-0.1, -0.05) is 19.1 Å². The fraction of sp³-hybridized carbons (Fsp3) is 0.250. The van der Waals surface area contributed by atoms with Crippen molar-refractivity contribution in [3.8, 4) is 5.75 Å². The van der Waals surface area contributed by atoms with Crippen LogP contribution in [0.15, 0.2) is 48.5 Å². The van der Waals surface area contributed by atoms with Crippen LogP contribution in [0, 0.1) is 5.82 Å². The highest BCUT2D eigenvalue weighted by Crippen LogP contribution is 2.18. The third-order valence-corrected chi connectivity index (χ3v) is 4.13. The molecule has 0 radical (unpaired) electrons. The van der Waals surface area contributed by atoms with E-state index in [0.29, 0.717) is 23.6 Å². The van der Waals surface area contributed by atoms with Crippen LogP contribution in [0.25, 0.3) is 0 Å². The SMILES string of the molecule is CCCOc1ccc(NS(=O)(=O)Cc2ccc(F)cc2)cc1. The zero-order valence-electron chi connectivity index (χ0n) is 12.3. The molecule has 118 valence electrons. The zero-order valence-corrected chi connectivity index (χ0v) is 13.1. The maximum absolute atomic E-state index is 12.8. The molecule has 0 heterocycles. The average molecular weight is 323 g/mol. The largest absolute Gasteiger partial charge is 0.494 e. The molecule has 1 N–H and O–H groups in total. The molecular formula is C16H18FNO3S. The quantitative estimate of drug-likeness (QED) is 0.847. The molecule has 0 unspecified atom stereocenters.